The van der Waals surface area contributed by atoms with E-state index in [4.69, 9.17) is 9.97 Å². The van der Waals surface area contributed by atoms with Gasteiger partial charge in [-0.3, -0.25) is 0 Å². The maximum absolute atomic E-state index is 5.37. The Labute approximate surface area is 296 Å². The van der Waals surface area contributed by atoms with Crippen molar-refractivity contribution in [3.63, 3.8) is 0 Å². The van der Waals surface area contributed by atoms with E-state index < -0.39 is 0 Å². The minimum absolute atomic E-state index is 0.0960. The summed E-state index contributed by atoms with van der Waals surface area (Å²) in [5.74, 6) is 0.735. The molecule has 9 aromatic carbocycles. The summed E-state index contributed by atoms with van der Waals surface area (Å²) in [7, 11) is 0. The lowest BCUT2D eigenvalue weighted by Crippen LogP contribution is -2.15. The van der Waals surface area contributed by atoms with E-state index in [1.807, 2.05) is 0 Å². The number of nitrogens with zero attached hydrogens (tertiary/aromatic N) is 2. The molecule has 0 unspecified atom stereocenters. The van der Waals surface area contributed by atoms with Gasteiger partial charge in [-0.15, -0.1) is 0 Å². The Morgan fingerprint density at radius 2 is 1.00 bits per heavy atom. The largest absolute Gasteiger partial charge is 0.227 e. The smallest absolute Gasteiger partial charge is 0.160 e. The summed E-state index contributed by atoms with van der Waals surface area (Å²) in [6.07, 6.45) is 0. The van der Waals surface area contributed by atoms with Gasteiger partial charge in [0.25, 0.3) is 0 Å². The van der Waals surface area contributed by atoms with E-state index >= 15 is 0 Å². The zero-order chi connectivity index (χ0) is 33.8. The molecule has 0 amide bonds. The summed E-state index contributed by atoms with van der Waals surface area (Å²) in [4.78, 5) is 10.7. The number of fused-ring (bicyclic) bond motifs is 6. The molecule has 11 rings (SSSR count). The first-order valence-corrected chi connectivity index (χ1v) is 17.7. The van der Waals surface area contributed by atoms with Gasteiger partial charge in [-0.25, -0.2) is 9.97 Å². The first kappa shape index (κ1) is 28.5. The minimum atomic E-state index is -0.0960. The van der Waals surface area contributed by atoms with Crippen molar-refractivity contribution >= 4 is 54.0 Å². The molecule has 0 atom stereocenters. The number of hydrogen-bond acceptors (Lipinski definition) is 2. The van der Waals surface area contributed by atoms with Gasteiger partial charge in [0.1, 0.15) is 0 Å². The standard InChI is InChI=1S/C49H32N2/c1-49(2)42-13-6-5-12-38(42)39-25-23-35(28-43(39)49)46-41-27-20-29-8-3-4-11-37(29)47(41)51-48(50-46)34-18-14-30(15-19-34)36-24-21-33-17-16-31-9-7-10-32-22-26-40(36)45(33)44(31)32/h3-28H,1-2H3. The molecular weight excluding hydrogens is 617 g/mol. The molecule has 0 saturated carbocycles. The lowest BCUT2D eigenvalue weighted by atomic mass is 9.81. The monoisotopic (exact) mass is 648 g/mol. The predicted molar refractivity (Wildman–Crippen MR) is 215 cm³/mol. The fourth-order valence-corrected chi connectivity index (χ4v) is 8.85. The fourth-order valence-electron chi connectivity index (χ4n) is 8.85. The van der Waals surface area contributed by atoms with Crippen molar-refractivity contribution in [3.05, 3.63) is 169 Å². The molecule has 0 spiro atoms. The Morgan fingerprint density at radius 1 is 0.392 bits per heavy atom. The minimum Gasteiger partial charge on any atom is -0.227 e. The lowest BCUT2D eigenvalue weighted by Gasteiger charge is -2.22. The second-order valence-electron chi connectivity index (χ2n) is 14.6. The highest BCUT2D eigenvalue weighted by molar-refractivity contribution is 6.25. The summed E-state index contributed by atoms with van der Waals surface area (Å²) in [5.41, 5.74) is 11.7. The van der Waals surface area contributed by atoms with Gasteiger partial charge in [0, 0.05) is 27.3 Å². The summed E-state index contributed by atoms with van der Waals surface area (Å²) >= 11 is 0. The van der Waals surface area contributed by atoms with Gasteiger partial charge in [-0.1, -0.05) is 159 Å². The quantitative estimate of drug-likeness (QED) is 0.178. The molecule has 2 nitrogen and oxygen atoms in total. The third-order valence-corrected chi connectivity index (χ3v) is 11.4. The van der Waals surface area contributed by atoms with E-state index in [0.29, 0.717) is 0 Å². The van der Waals surface area contributed by atoms with Crippen LogP contribution < -0.4 is 0 Å². The first-order valence-electron chi connectivity index (χ1n) is 17.7. The lowest BCUT2D eigenvalue weighted by molar-refractivity contribution is 0.660. The van der Waals surface area contributed by atoms with Crippen molar-refractivity contribution in [1.29, 1.82) is 0 Å². The SMILES string of the molecule is CC1(C)c2ccccc2-c2ccc(-c3nc(-c4ccc(-c5ccc6ccc7cccc8ccc5c6c78)cc4)nc4c3ccc3ccccc34)cc21. The highest BCUT2D eigenvalue weighted by atomic mass is 14.9. The molecule has 1 heterocycles. The van der Waals surface area contributed by atoms with E-state index in [0.717, 1.165) is 38.9 Å². The molecule has 0 N–H and O–H groups in total. The molecule has 0 bridgehead atoms. The molecule has 0 fully saturated rings. The number of rotatable bonds is 3. The van der Waals surface area contributed by atoms with Gasteiger partial charge in [0.15, 0.2) is 5.82 Å². The molecule has 1 aromatic heterocycles. The fraction of sp³-hybridized carbons (Fsp3) is 0.0612. The second kappa shape index (κ2) is 10.3. The Kier molecular flexibility index (Phi) is 5.76. The summed E-state index contributed by atoms with van der Waals surface area (Å²) in [6.45, 7) is 4.67. The normalized spacial score (nSPS) is 13.5. The van der Waals surface area contributed by atoms with Gasteiger partial charge in [0.05, 0.1) is 11.2 Å². The molecule has 10 aromatic rings. The molecule has 238 valence electrons. The summed E-state index contributed by atoms with van der Waals surface area (Å²) in [5, 5.41) is 11.2. The number of aromatic nitrogens is 2. The third kappa shape index (κ3) is 4.05. The third-order valence-electron chi connectivity index (χ3n) is 11.4. The molecule has 0 aliphatic heterocycles. The second-order valence-corrected chi connectivity index (χ2v) is 14.6. The van der Waals surface area contributed by atoms with Crippen molar-refractivity contribution in [3.8, 4) is 44.9 Å². The molecular formula is C49H32N2. The van der Waals surface area contributed by atoms with Crippen LogP contribution in [0.3, 0.4) is 0 Å². The van der Waals surface area contributed by atoms with Gasteiger partial charge in [-0.05, 0) is 83.2 Å². The van der Waals surface area contributed by atoms with Crippen LogP contribution in [0, 0.1) is 0 Å². The van der Waals surface area contributed by atoms with Gasteiger partial charge >= 0.3 is 0 Å². The summed E-state index contributed by atoms with van der Waals surface area (Å²) < 4.78 is 0. The maximum Gasteiger partial charge on any atom is 0.160 e. The van der Waals surface area contributed by atoms with Gasteiger partial charge < -0.3 is 0 Å². The van der Waals surface area contributed by atoms with Gasteiger partial charge in [0.2, 0.25) is 0 Å². The van der Waals surface area contributed by atoms with Crippen LogP contribution in [0.5, 0.6) is 0 Å². The topological polar surface area (TPSA) is 25.8 Å². The Morgan fingerprint density at radius 3 is 1.86 bits per heavy atom. The van der Waals surface area contributed by atoms with Crippen molar-refractivity contribution in [1.82, 2.24) is 9.97 Å². The van der Waals surface area contributed by atoms with Crippen molar-refractivity contribution < 1.29 is 0 Å². The van der Waals surface area contributed by atoms with Crippen molar-refractivity contribution in [2.75, 3.05) is 0 Å². The van der Waals surface area contributed by atoms with Crippen LogP contribution >= 0.6 is 0 Å². The van der Waals surface area contributed by atoms with Gasteiger partial charge in [-0.2, -0.15) is 0 Å². The first-order chi connectivity index (χ1) is 25.0. The van der Waals surface area contributed by atoms with E-state index in [1.54, 1.807) is 0 Å². The number of hydrogen-bond donors (Lipinski definition) is 0. The zero-order valence-corrected chi connectivity index (χ0v) is 28.4. The zero-order valence-electron chi connectivity index (χ0n) is 28.4. The Hall–Kier alpha value is -6.38. The average molecular weight is 649 g/mol. The van der Waals surface area contributed by atoms with E-state index in [1.165, 1.54) is 71.1 Å². The molecule has 1 aliphatic rings. The van der Waals surface area contributed by atoms with Crippen LogP contribution in [0.4, 0.5) is 0 Å². The van der Waals surface area contributed by atoms with Crippen LogP contribution in [0.1, 0.15) is 25.0 Å². The highest BCUT2D eigenvalue weighted by Crippen LogP contribution is 2.50. The summed E-state index contributed by atoms with van der Waals surface area (Å²) in [6, 6.07) is 57.6. The van der Waals surface area contributed by atoms with Crippen LogP contribution in [0.15, 0.2) is 158 Å². The molecule has 51 heavy (non-hydrogen) atoms. The van der Waals surface area contributed by atoms with Crippen LogP contribution in [0.25, 0.3) is 98.9 Å². The number of benzene rings is 9. The van der Waals surface area contributed by atoms with E-state index in [2.05, 4.69) is 172 Å². The molecule has 0 saturated heterocycles. The molecule has 0 radical (unpaired) electrons. The van der Waals surface area contributed by atoms with Crippen LogP contribution in [0.2, 0.25) is 0 Å². The predicted octanol–water partition coefficient (Wildman–Crippen LogP) is 13.0. The molecule has 1 aliphatic carbocycles. The Balaban J connectivity index is 1.08. The van der Waals surface area contributed by atoms with Crippen LogP contribution in [-0.2, 0) is 5.41 Å². The van der Waals surface area contributed by atoms with Crippen molar-refractivity contribution in [2.24, 2.45) is 0 Å². The van der Waals surface area contributed by atoms with E-state index in [9.17, 15) is 0 Å². The van der Waals surface area contributed by atoms with Crippen molar-refractivity contribution in [2.45, 2.75) is 19.3 Å². The average Bonchev–Trinajstić information content (AvgIpc) is 3.42. The van der Waals surface area contributed by atoms with Crippen LogP contribution in [-0.4, -0.2) is 9.97 Å². The maximum atomic E-state index is 5.37. The molecule has 2 heteroatoms. The highest BCUT2D eigenvalue weighted by Gasteiger charge is 2.35. The Bertz CT molecular complexity index is 3030. The van der Waals surface area contributed by atoms with E-state index in [-0.39, 0.29) is 5.41 Å².